The normalized spacial score (nSPS) is 17.3. The molecular weight excluding hydrogens is 258 g/mol. The highest BCUT2D eigenvalue weighted by atomic mass is 35.5. The van der Waals surface area contributed by atoms with Gasteiger partial charge in [-0.15, -0.1) is 0 Å². The van der Waals surface area contributed by atoms with E-state index in [9.17, 15) is 0 Å². The highest BCUT2D eigenvalue weighted by Gasteiger charge is 2.14. The molecule has 1 fully saturated rings. The van der Waals surface area contributed by atoms with Crippen LogP contribution in [0.2, 0.25) is 5.02 Å². The van der Waals surface area contributed by atoms with Gasteiger partial charge in [0.05, 0.1) is 0 Å². The van der Waals surface area contributed by atoms with Crippen molar-refractivity contribution in [3.63, 3.8) is 0 Å². The highest BCUT2D eigenvalue weighted by molar-refractivity contribution is 6.30. The minimum atomic E-state index is 0.574. The number of hydrogen-bond acceptors (Lipinski definition) is 1. The molecule has 2 N–H and O–H groups in total. The molecule has 0 unspecified atom stereocenters. The van der Waals surface area contributed by atoms with Crippen molar-refractivity contribution < 1.29 is 0 Å². The molecule has 0 atom stereocenters. The number of aliphatic imine (C=N–C) groups is 1. The maximum absolute atomic E-state index is 5.87. The molecule has 0 heterocycles. The first-order chi connectivity index (χ1) is 9.28. The van der Waals surface area contributed by atoms with Crippen LogP contribution in [0.25, 0.3) is 0 Å². The van der Waals surface area contributed by atoms with Crippen molar-refractivity contribution in [2.75, 3.05) is 7.05 Å². The van der Waals surface area contributed by atoms with Crippen LogP contribution in [0.4, 0.5) is 0 Å². The van der Waals surface area contributed by atoms with Gasteiger partial charge in [0.25, 0.3) is 0 Å². The number of nitrogens with one attached hydrogen (secondary N) is 2. The summed E-state index contributed by atoms with van der Waals surface area (Å²) in [6.45, 7) is 0.767. The molecule has 0 saturated heterocycles. The lowest BCUT2D eigenvalue weighted by Gasteiger charge is -2.24. The second-order valence-electron chi connectivity index (χ2n) is 5.03. The molecule has 0 amide bonds. The molecule has 2 rings (SSSR count). The van der Waals surface area contributed by atoms with Crippen molar-refractivity contribution in [2.45, 2.75) is 44.7 Å². The van der Waals surface area contributed by atoms with Crippen LogP contribution in [0.1, 0.15) is 37.7 Å². The van der Waals surface area contributed by atoms with E-state index in [1.807, 2.05) is 31.3 Å². The number of rotatable bonds is 3. The first-order valence-electron chi connectivity index (χ1n) is 6.99. The van der Waals surface area contributed by atoms with Crippen LogP contribution < -0.4 is 10.6 Å². The highest BCUT2D eigenvalue weighted by Crippen LogP contribution is 2.17. The van der Waals surface area contributed by atoms with E-state index in [4.69, 9.17) is 11.6 Å². The van der Waals surface area contributed by atoms with E-state index in [2.05, 4.69) is 15.6 Å². The van der Waals surface area contributed by atoms with E-state index in [-0.39, 0.29) is 0 Å². The van der Waals surface area contributed by atoms with Gasteiger partial charge >= 0.3 is 0 Å². The van der Waals surface area contributed by atoms with E-state index in [0.29, 0.717) is 6.04 Å². The van der Waals surface area contributed by atoms with Gasteiger partial charge in [0, 0.05) is 24.7 Å². The Bertz CT molecular complexity index is 408. The Kier molecular flexibility index (Phi) is 5.52. The summed E-state index contributed by atoms with van der Waals surface area (Å²) in [6, 6.07) is 8.46. The Morgan fingerprint density at radius 2 is 1.89 bits per heavy atom. The summed E-state index contributed by atoms with van der Waals surface area (Å²) in [5, 5.41) is 7.62. The minimum Gasteiger partial charge on any atom is -0.354 e. The van der Waals surface area contributed by atoms with E-state index in [0.717, 1.165) is 17.5 Å². The molecule has 0 aliphatic heterocycles. The van der Waals surface area contributed by atoms with Crippen molar-refractivity contribution in [2.24, 2.45) is 4.99 Å². The molecule has 3 nitrogen and oxygen atoms in total. The van der Waals surface area contributed by atoms with Crippen LogP contribution in [0.3, 0.4) is 0 Å². The third-order valence-corrected chi connectivity index (χ3v) is 3.79. The van der Waals surface area contributed by atoms with Crippen LogP contribution in [0, 0.1) is 0 Å². The molecule has 4 heteroatoms. The summed E-state index contributed by atoms with van der Waals surface area (Å²) in [5.74, 6) is 0.891. The van der Waals surface area contributed by atoms with E-state index in [1.165, 1.54) is 37.7 Å². The molecule has 1 aromatic rings. The third-order valence-electron chi connectivity index (χ3n) is 3.54. The molecule has 1 aromatic carbocycles. The average molecular weight is 280 g/mol. The predicted molar refractivity (Wildman–Crippen MR) is 81.7 cm³/mol. The summed E-state index contributed by atoms with van der Waals surface area (Å²) in [6.07, 6.45) is 6.52. The molecule has 0 radical (unpaired) electrons. The third kappa shape index (κ3) is 4.75. The van der Waals surface area contributed by atoms with Crippen molar-refractivity contribution in [3.05, 3.63) is 34.9 Å². The van der Waals surface area contributed by atoms with Gasteiger partial charge in [-0.1, -0.05) is 43.0 Å². The van der Waals surface area contributed by atoms with Gasteiger partial charge in [0.15, 0.2) is 5.96 Å². The summed E-state index contributed by atoms with van der Waals surface area (Å²) < 4.78 is 0. The zero-order valence-corrected chi connectivity index (χ0v) is 12.2. The van der Waals surface area contributed by atoms with Crippen molar-refractivity contribution >= 4 is 17.6 Å². The molecule has 1 aliphatic rings. The van der Waals surface area contributed by atoms with Crippen LogP contribution in [0.5, 0.6) is 0 Å². The summed E-state index contributed by atoms with van der Waals surface area (Å²) in [7, 11) is 1.82. The quantitative estimate of drug-likeness (QED) is 0.658. The average Bonchev–Trinajstić information content (AvgIpc) is 2.46. The van der Waals surface area contributed by atoms with Crippen LogP contribution in [-0.4, -0.2) is 19.0 Å². The zero-order valence-electron chi connectivity index (χ0n) is 11.5. The number of benzene rings is 1. The summed E-state index contributed by atoms with van der Waals surface area (Å²) >= 11 is 5.87. The summed E-state index contributed by atoms with van der Waals surface area (Å²) in [4.78, 5) is 4.28. The number of nitrogens with zero attached hydrogens (tertiary/aromatic N) is 1. The van der Waals surface area contributed by atoms with Crippen LogP contribution in [0.15, 0.2) is 29.3 Å². The fourth-order valence-electron chi connectivity index (χ4n) is 2.42. The van der Waals surface area contributed by atoms with Gasteiger partial charge in [0.1, 0.15) is 0 Å². The molecule has 0 bridgehead atoms. The molecule has 0 aromatic heterocycles. The number of halogens is 1. The number of hydrogen-bond donors (Lipinski definition) is 2. The van der Waals surface area contributed by atoms with Gasteiger partial charge in [-0.2, -0.15) is 0 Å². The first kappa shape index (κ1) is 14.2. The van der Waals surface area contributed by atoms with Crippen LogP contribution in [-0.2, 0) is 6.54 Å². The fourth-order valence-corrected chi connectivity index (χ4v) is 2.55. The Balaban J connectivity index is 1.80. The monoisotopic (exact) mass is 279 g/mol. The zero-order chi connectivity index (χ0) is 13.5. The first-order valence-corrected chi connectivity index (χ1v) is 7.37. The Hall–Kier alpha value is -1.22. The standard InChI is InChI=1S/C15H22ClN3/c1-17-15(19-14-5-3-2-4-6-14)18-11-12-7-9-13(16)10-8-12/h7-10,14H,2-6,11H2,1H3,(H2,17,18,19). The Labute approximate surface area is 120 Å². The predicted octanol–water partition coefficient (Wildman–Crippen LogP) is 3.34. The van der Waals surface area contributed by atoms with Crippen molar-refractivity contribution in [1.29, 1.82) is 0 Å². The largest absolute Gasteiger partial charge is 0.354 e. The second kappa shape index (κ2) is 7.39. The molecule has 1 aliphatic carbocycles. The van der Waals surface area contributed by atoms with Gasteiger partial charge in [0.2, 0.25) is 0 Å². The molecule has 19 heavy (non-hydrogen) atoms. The minimum absolute atomic E-state index is 0.574. The molecule has 1 saturated carbocycles. The van der Waals surface area contributed by atoms with Gasteiger partial charge in [-0.3, -0.25) is 4.99 Å². The number of guanidine groups is 1. The Morgan fingerprint density at radius 1 is 1.21 bits per heavy atom. The van der Waals surface area contributed by atoms with E-state index in [1.54, 1.807) is 0 Å². The van der Waals surface area contributed by atoms with Gasteiger partial charge in [-0.05, 0) is 30.5 Å². The van der Waals surface area contributed by atoms with Gasteiger partial charge < -0.3 is 10.6 Å². The maximum atomic E-state index is 5.87. The molecule has 0 spiro atoms. The van der Waals surface area contributed by atoms with Crippen LogP contribution >= 0.6 is 11.6 Å². The van der Waals surface area contributed by atoms with Crippen molar-refractivity contribution in [3.8, 4) is 0 Å². The van der Waals surface area contributed by atoms with E-state index >= 15 is 0 Å². The van der Waals surface area contributed by atoms with Crippen molar-refractivity contribution in [1.82, 2.24) is 10.6 Å². The lowest BCUT2D eigenvalue weighted by atomic mass is 9.96. The Morgan fingerprint density at radius 3 is 2.53 bits per heavy atom. The maximum Gasteiger partial charge on any atom is 0.191 e. The molecular formula is C15H22ClN3. The fraction of sp³-hybridized carbons (Fsp3) is 0.533. The molecule has 104 valence electrons. The summed E-state index contributed by atoms with van der Waals surface area (Å²) in [5.41, 5.74) is 1.20. The SMILES string of the molecule is CN=C(NCc1ccc(Cl)cc1)NC1CCCCC1. The van der Waals surface area contributed by atoms with Gasteiger partial charge in [-0.25, -0.2) is 0 Å². The second-order valence-corrected chi connectivity index (χ2v) is 5.47. The lowest BCUT2D eigenvalue weighted by molar-refractivity contribution is 0.410. The van der Waals surface area contributed by atoms with E-state index < -0.39 is 0 Å². The smallest absolute Gasteiger partial charge is 0.191 e. The lowest BCUT2D eigenvalue weighted by Crippen LogP contribution is -2.43. The topological polar surface area (TPSA) is 36.4 Å².